The highest BCUT2D eigenvalue weighted by atomic mass is 16.1. The summed E-state index contributed by atoms with van der Waals surface area (Å²) in [6.07, 6.45) is 8.68. The summed E-state index contributed by atoms with van der Waals surface area (Å²) in [6.45, 7) is 0. The van der Waals surface area contributed by atoms with Crippen LogP contribution in [0.25, 0.3) is 23.0 Å². The second kappa shape index (κ2) is 8.14. The van der Waals surface area contributed by atoms with Crippen LogP contribution < -0.4 is 5.32 Å². The summed E-state index contributed by atoms with van der Waals surface area (Å²) in [5.41, 5.74) is 4.19. The minimum atomic E-state index is -0.198. The Morgan fingerprint density at radius 1 is 0.929 bits per heavy atom. The second-order valence-corrected chi connectivity index (χ2v) is 6.14. The lowest BCUT2D eigenvalue weighted by atomic mass is 10.1. The van der Waals surface area contributed by atoms with Crippen molar-refractivity contribution in [2.45, 2.75) is 0 Å². The van der Waals surface area contributed by atoms with Crippen molar-refractivity contribution in [3.63, 3.8) is 0 Å². The summed E-state index contributed by atoms with van der Waals surface area (Å²) >= 11 is 0. The molecule has 4 rings (SSSR count). The molecule has 0 bridgehead atoms. The van der Waals surface area contributed by atoms with Crippen molar-refractivity contribution < 1.29 is 4.79 Å². The highest BCUT2D eigenvalue weighted by Crippen LogP contribution is 2.24. The number of nitrogens with zero attached hydrogens (tertiary/aromatic N) is 3. The van der Waals surface area contributed by atoms with Gasteiger partial charge in [-0.3, -0.25) is 9.78 Å². The van der Waals surface area contributed by atoms with Crippen LogP contribution in [-0.2, 0) is 4.79 Å². The summed E-state index contributed by atoms with van der Waals surface area (Å²) in [5.74, 6) is -0.198. The van der Waals surface area contributed by atoms with Crippen molar-refractivity contribution >= 4 is 17.7 Å². The fraction of sp³-hybridized carbons (Fsp3) is 0. The van der Waals surface area contributed by atoms with Crippen LogP contribution in [0.3, 0.4) is 0 Å². The zero-order chi connectivity index (χ0) is 19.2. The highest BCUT2D eigenvalue weighted by Gasteiger charge is 2.11. The summed E-state index contributed by atoms with van der Waals surface area (Å²) in [7, 11) is 0. The first kappa shape index (κ1) is 17.4. The van der Waals surface area contributed by atoms with Crippen molar-refractivity contribution in [2.24, 2.45) is 0 Å². The van der Waals surface area contributed by atoms with E-state index in [0.717, 1.165) is 28.2 Å². The summed E-state index contributed by atoms with van der Waals surface area (Å²) < 4.78 is 1.80. The van der Waals surface area contributed by atoms with Gasteiger partial charge < -0.3 is 5.32 Å². The Bertz CT molecular complexity index is 1090. The van der Waals surface area contributed by atoms with Crippen molar-refractivity contribution in [1.29, 1.82) is 0 Å². The van der Waals surface area contributed by atoms with Gasteiger partial charge in [0, 0.05) is 41.5 Å². The number of pyridine rings is 1. The molecule has 1 amide bonds. The molecule has 28 heavy (non-hydrogen) atoms. The number of amides is 1. The van der Waals surface area contributed by atoms with Gasteiger partial charge in [-0.2, -0.15) is 5.10 Å². The fourth-order valence-electron chi connectivity index (χ4n) is 2.82. The van der Waals surface area contributed by atoms with E-state index in [4.69, 9.17) is 5.10 Å². The number of anilines is 1. The van der Waals surface area contributed by atoms with E-state index in [1.807, 2.05) is 79.0 Å². The van der Waals surface area contributed by atoms with Gasteiger partial charge >= 0.3 is 0 Å². The average molecular weight is 366 g/mol. The molecule has 2 heterocycles. The number of hydrogen-bond donors (Lipinski definition) is 1. The maximum atomic E-state index is 12.3. The van der Waals surface area contributed by atoms with Gasteiger partial charge in [-0.05, 0) is 42.5 Å². The van der Waals surface area contributed by atoms with Crippen molar-refractivity contribution in [2.75, 3.05) is 5.32 Å². The average Bonchev–Trinajstić information content (AvgIpc) is 3.19. The van der Waals surface area contributed by atoms with Crippen molar-refractivity contribution in [1.82, 2.24) is 14.8 Å². The normalized spacial score (nSPS) is 10.9. The predicted molar refractivity (Wildman–Crippen MR) is 111 cm³/mol. The Balaban J connectivity index is 1.65. The van der Waals surface area contributed by atoms with E-state index in [2.05, 4.69) is 10.3 Å². The van der Waals surface area contributed by atoms with Gasteiger partial charge in [-0.1, -0.05) is 36.4 Å². The molecule has 136 valence electrons. The Hall–Kier alpha value is -3.99. The lowest BCUT2D eigenvalue weighted by molar-refractivity contribution is -0.111. The lowest BCUT2D eigenvalue weighted by Gasteiger charge is -2.01. The topological polar surface area (TPSA) is 59.8 Å². The molecule has 0 saturated heterocycles. The van der Waals surface area contributed by atoms with E-state index in [1.54, 1.807) is 23.2 Å². The second-order valence-electron chi connectivity index (χ2n) is 6.14. The van der Waals surface area contributed by atoms with E-state index < -0.39 is 0 Å². The fourth-order valence-corrected chi connectivity index (χ4v) is 2.82. The molecular weight excluding hydrogens is 348 g/mol. The maximum Gasteiger partial charge on any atom is 0.248 e. The zero-order valence-electron chi connectivity index (χ0n) is 15.1. The largest absolute Gasteiger partial charge is 0.323 e. The molecule has 0 atom stereocenters. The third-order valence-corrected chi connectivity index (χ3v) is 4.15. The molecule has 0 unspecified atom stereocenters. The van der Waals surface area contributed by atoms with E-state index in [-0.39, 0.29) is 5.91 Å². The molecule has 2 aromatic carbocycles. The number of carbonyl (C=O) groups is 1. The van der Waals surface area contributed by atoms with Gasteiger partial charge in [0.15, 0.2) is 0 Å². The minimum Gasteiger partial charge on any atom is -0.323 e. The standard InChI is InChI=1S/C23H18N4O/c28-22(25-20-9-3-1-4-10-20)14-13-19-17-27(21-11-5-2-6-12-21)26-23(19)18-8-7-15-24-16-18/h1-17H,(H,25,28)/b14-13+. The maximum absolute atomic E-state index is 12.3. The quantitative estimate of drug-likeness (QED) is 0.526. The molecule has 0 aliphatic rings. The zero-order valence-corrected chi connectivity index (χ0v) is 15.1. The van der Waals surface area contributed by atoms with Crippen LogP contribution in [0.4, 0.5) is 5.69 Å². The summed E-state index contributed by atoms with van der Waals surface area (Å²) in [5, 5.41) is 7.55. The van der Waals surface area contributed by atoms with Crippen LogP contribution in [0, 0.1) is 0 Å². The molecule has 0 radical (unpaired) electrons. The van der Waals surface area contributed by atoms with Gasteiger partial charge in [-0.15, -0.1) is 0 Å². The molecular formula is C23H18N4O. The van der Waals surface area contributed by atoms with Crippen LogP contribution >= 0.6 is 0 Å². The number of carbonyl (C=O) groups excluding carboxylic acids is 1. The van der Waals surface area contributed by atoms with E-state index in [0.29, 0.717) is 0 Å². The monoisotopic (exact) mass is 366 g/mol. The third kappa shape index (κ3) is 4.04. The Morgan fingerprint density at radius 2 is 1.68 bits per heavy atom. The minimum absolute atomic E-state index is 0.198. The molecule has 0 aliphatic carbocycles. The van der Waals surface area contributed by atoms with Crippen LogP contribution in [0.15, 0.2) is 97.5 Å². The van der Waals surface area contributed by atoms with Crippen LogP contribution in [0.1, 0.15) is 5.56 Å². The molecule has 0 aliphatic heterocycles. The first-order valence-electron chi connectivity index (χ1n) is 8.89. The molecule has 0 fully saturated rings. The Kier molecular flexibility index (Phi) is 5.06. The van der Waals surface area contributed by atoms with Crippen molar-refractivity contribution in [3.8, 4) is 16.9 Å². The molecule has 0 spiro atoms. The van der Waals surface area contributed by atoms with Gasteiger partial charge in [0.2, 0.25) is 5.91 Å². The third-order valence-electron chi connectivity index (χ3n) is 4.15. The Labute approximate surface area is 163 Å². The van der Waals surface area contributed by atoms with Gasteiger partial charge in [-0.25, -0.2) is 4.68 Å². The number of rotatable bonds is 5. The van der Waals surface area contributed by atoms with Crippen molar-refractivity contribution in [3.05, 3.63) is 103 Å². The van der Waals surface area contributed by atoms with Crippen LogP contribution in [0.5, 0.6) is 0 Å². The molecule has 4 aromatic rings. The molecule has 0 saturated carbocycles. The Morgan fingerprint density at radius 3 is 2.39 bits per heavy atom. The number of benzene rings is 2. The highest BCUT2D eigenvalue weighted by molar-refractivity contribution is 6.02. The van der Waals surface area contributed by atoms with E-state index in [1.165, 1.54) is 6.08 Å². The predicted octanol–water partition coefficient (Wildman–Crippen LogP) is 4.59. The SMILES string of the molecule is O=C(/C=C/c1cn(-c2ccccc2)nc1-c1cccnc1)Nc1ccccc1. The van der Waals surface area contributed by atoms with Crippen LogP contribution in [-0.4, -0.2) is 20.7 Å². The van der Waals surface area contributed by atoms with Gasteiger partial charge in [0.25, 0.3) is 0 Å². The lowest BCUT2D eigenvalue weighted by Crippen LogP contribution is -2.07. The van der Waals surface area contributed by atoms with E-state index in [9.17, 15) is 4.79 Å². The molecule has 2 aromatic heterocycles. The first-order chi connectivity index (χ1) is 13.8. The molecule has 5 nitrogen and oxygen atoms in total. The summed E-state index contributed by atoms with van der Waals surface area (Å²) in [4.78, 5) is 16.5. The van der Waals surface area contributed by atoms with Gasteiger partial charge in [0.05, 0.1) is 5.69 Å². The van der Waals surface area contributed by atoms with Gasteiger partial charge in [0.1, 0.15) is 5.69 Å². The molecule has 1 N–H and O–H groups in total. The first-order valence-corrected chi connectivity index (χ1v) is 8.89. The summed E-state index contributed by atoms with van der Waals surface area (Å²) in [6, 6.07) is 23.0. The van der Waals surface area contributed by atoms with E-state index >= 15 is 0 Å². The number of nitrogens with one attached hydrogen (secondary N) is 1. The smallest absolute Gasteiger partial charge is 0.248 e. The number of aromatic nitrogens is 3. The molecule has 5 heteroatoms. The van der Waals surface area contributed by atoms with Crippen LogP contribution in [0.2, 0.25) is 0 Å². The number of para-hydroxylation sites is 2. The number of hydrogen-bond acceptors (Lipinski definition) is 3.